The van der Waals surface area contributed by atoms with Gasteiger partial charge in [-0.2, -0.15) is 0 Å². The summed E-state index contributed by atoms with van der Waals surface area (Å²) in [6.45, 7) is 1.48. The fourth-order valence-electron chi connectivity index (χ4n) is 2.46. The molecular formula is C15H12F2N2O2S. The van der Waals surface area contributed by atoms with Crippen molar-refractivity contribution in [1.82, 2.24) is 10.2 Å². The number of urea groups is 1. The molecule has 1 N–H and O–H groups in total. The fraction of sp³-hybridized carbons (Fsp3) is 0.200. The first-order chi connectivity index (χ1) is 10.4. The van der Waals surface area contributed by atoms with Gasteiger partial charge in [0.05, 0.1) is 6.54 Å². The molecule has 1 fully saturated rings. The number of nitrogens with zero attached hydrogens (tertiary/aromatic N) is 1. The minimum atomic E-state index is -1.61. The van der Waals surface area contributed by atoms with Crippen LogP contribution in [0.4, 0.5) is 13.6 Å². The van der Waals surface area contributed by atoms with E-state index in [-0.39, 0.29) is 12.1 Å². The van der Waals surface area contributed by atoms with Gasteiger partial charge in [0.15, 0.2) is 0 Å². The molecule has 2 aromatic rings. The second-order valence-corrected chi connectivity index (χ2v) is 6.18. The predicted octanol–water partition coefficient (Wildman–Crippen LogP) is 2.99. The first-order valence-electron chi connectivity index (χ1n) is 6.54. The van der Waals surface area contributed by atoms with Crippen molar-refractivity contribution < 1.29 is 18.4 Å². The number of rotatable bonds is 3. The lowest BCUT2D eigenvalue weighted by Gasteiger charge is -2.22. The minimum Gasteiger partial charge on any atom is -0.319 e. The number of thiophene rings is 1. The van der Waals surface area contributed by atoms with E-state index < -0.39 is 29.1 Å². The van der Waals surface area contributed by atoms with E-state index in [0.717, 1.165) is 28.0 Å². The topological polar surface area (TPSA) is 49.4 Å². The molecule has 1 aliphatic rings. The molecule has 0 radical (unpaired) electrons. The number of benzene rings is 1. The minimum absolute atomic E-state index is 0.106. The summed E-state index contributed by atoms with van der Waals surface area (Å²) in [6.07, 6.45) is 0. The van der Waals surface area contributed by atoms with Crippen molar-refractivity contribution in [3.8, 4) is 0 Å². The summed E-state index contributed by atoms with van der Waals surface area (Å²) in [5.74, 6) is -2.01. The molecule has 22 heavy (non-hydrogen) atoms. The van der Waals surface area contributed by atoms with Crippen molar-refractivity contribution >= 4 is 23.3 Å². The zero-order chi connectivity index (χ0) is 15.9. The van der Waals surface area contributed by atoms with Crippen molar-refractivity contribution in [2.45, 2.75) is 19.0 Å². The van der Waals surface area contributed by atoms with Crippen LogP contribution < -0.4 is 5.32 Å². The first-order valence-corrected chi connectivity index (χ1v) is 7.42. The average Bonchev–Trinajstić information content (AvgIpc) is 3.05. The maximum atomic E-state index is 14.0. The van der Waals surface area contributed by atoms with Gasteiger partial charge < -0.3 is 5.32 Å². The van der Waals surface area contributed by atoms with Crippen LogP contribution in [-0.2, 0) is 16.9 Å². The number of imide groups is 1. The molecule has 1 saturated heterocycles. The third kappa shape index (κ3) is 2.27. The lowest BCUT2D eigenvalue weighted by Crippen LogP contribution is -2.41. The second kappa shape index (κ2) is 5.17. The third-order valence-electron chi connectivity index (χ3n) is 3.64. The fourth-order valence-corrected chi connectivity index (χ4v) is 3.15. The van der Waals surface area contributed by atoms with Crippen molar-refractivity contribution in [1.29, 1.82) is 0 Å². The van der Waals surface area contributed by atoms with Crippen molar-refractivity contribution in [2.75, 3.05) is 0 Å². The van der Waals surface area contributed by atoms with Gasteiger partial charge in [0.1, 0.15) is 17.2 Å². The summed E-state index contributed by atoms with van der Waals surface area (Å²) < 4.78 is 27.4. The molecule has 0 unspecified atom stereocenters. The van der Waals surface area contributed by atoms with Crippen LogP contribution in [0.5, 0.6) is 0 Å². The monoisotopic (exact) mass is 322 g/mol. The summed E-state index contributed by atoms with van der Waals surface area (Å²) >= 11 is 1.41. The van der Waals surface area contributed by atoms with E-state index in [1.807, 2.05) is 11.4 Å². The Kier molecular flexibility index (Phi) is 3.44. The molecule has 114 valence electrons. The Hall–Kier alpha value is -2.28. The SMILES string of the molecule is C[C@]1(c2cc(F)ccc2F)NC(=O)N(Cc2cccs2)C1=O. The molecule has 0 bridgehead atoms. The Bertz CT molecular complexity index is 748. The van der Waals surface area contributed by atoms with Gasteiger partial charge >= 0.3 is 6.03 Å². The van der Waals surface area contributed by atoms with Gasteiger partial charge in [0.25, 0.3) is 5.91 Å². The standard InChI is InChI=1S/C15H12F2N2O2S/c1-15(11-7-9(16)4-5-12(11)17)13(20)19(14(21)18-15)8-10-3-2-6-22-10/h2-7H,8H2,1H3,(H,18,21)/t15-/m1/s1. The summed E-state index contributed by atoms with van der Waals surface area (Å²) in [6, 6.07) is 5.82. The van der Waals surface area contributed by atoms with Crippen LogP contribution in [0.1, 0.15) is 17.4 Å². The molecular weight excluding hydrogens is 310 g/mol. The van der Waals surface area contributed by atoms with E-state index >= 15 is 0 Å². The molecule has 1 aliphatic heterocycles. The van der Waals surface area contributed by atoms with Gasteiger partial charge in [0.2, 0.25) is 0 Å². The number of carbonyl (C=O) groups excluding carboxylic acids is 2. The molecule has 1 aromatic carbocycles. The zero-order valence-electron chi connectivity index (χ0n) is 11.6. The largest absolute Gasteiger partial charge is 0.325 e. The van der Waals surface area contributed by atoms with Crippen LogP contribution >= 0.6 is 11.3 Å². The van der Waals surface area contributed by atoms with Crippen LogP contribution in [0.25, 0.3) is 0 Å². The van der Waals surface area contributed by atoms with Gasteiger partial charge in [-0.25, -0.2) is 13.6 Å². The highest BCUT2D eigenvalue weighted by Gasteiger charge is 2.50. The van der Waals surface area contributed by atoms with Crippen LogP contribution in [0.2, 0.25) is 0 Å². The Morgan fingerprint density at radius 3 is 2.73 bits per heavy atom. The Morgan fingerprint density at radius 1 is 1.27 bits per heavy atom. The van der Waals surface area contributed by atoms with E-state index in [4.69, 9.17) is 0 Å². The quantitative estimate of drug-likeness (QED) is 0.883. The number of hydrogen-bond donors (Lipinski definition) is 1. The van der Waals surface area contributed by atoms with E-state index in [9.17, 15) is 18.4 Å². The maximum absolute atomic E-state index is 14.0. The zero-order valence-corrected chi connectivity index (χ0v) is 12.4. The summed E-state index contributed by atoms with van der Waals surface area (Å²) in [4.78, 5) is 26.5. The van der Waals surface area contributed by atoms with Gasteiger partial charge in [-0.05, 0) is 36.6 Å². The highest BCUT2D eigenvalue weighted by molar-refractivity contribution is 7.09. The van der Waals surface area contributed by atoms with Gasteiger partial charge in [-0.15, -0.1) is 11.3 Å². The number of nitrogens with one attached hydrogen (secondary N) is 1. The summed E-state index contributed by atoms with van der Waals surface area (Å²) in [5, 5.41) is 4.29. The van der Waals surface area contributed by atoms with Gasteiger partial charge in [0, 0.05) is 10.4 Å². The molecule has 4 nitrogen and oxygen atoms in total. The molecule has 1 atom stereocenters. The van der Waals surface area contributed by atoms with Gasteiger partial charge in [-0.1, -0.05) is 6.07 Å². The smallest absolute Gasteiger partial charge is 0.319 e. The highest BCUT2D eigenvalue weighted by atomic mass is 32.1. The number of amides is 3. The van der Waals surface area contributed by atoms with Crippen LogP contribution in [0.15, 0.2) is 35.7 Å². The highest BCUT2D eigenvalue weighted by Crippen LogP contribution is 2.32. The molecule has 1 aromatic heterocycles. The number of hydrogen-bond acceptors (Lipinski definition) is 3. The molecule has 2 heterocycles. The molecule has 7 heteroatoms. The maximum Gasteiger partial charge on any atom is 0.325 e. The van der Waals surface area contributed by atoms with Gasteiger partial charge in [-0.3, -0.25) is 9.69 Å². The molecule has 0 spiro atoms. The molecule has 0 aliphatic carbocycles. The second-order valence-electron chi connectivity index (χ2n) is 5.15. The van der Waals surface area contributed by atoms with Crippen molar-refractivity contribution in [2.24, 2.45) is 0 Å². The van der Waals surface area contributed by atoms with E-state index in [1.165, 1.54) is 18.3 Å². The summed E-state index contributed by atoms with van der Waals surface area (Å²) in [5.41, 5.74) is -1.79. The van der Waals surface area contributed by atoms with Crippen LogP contribution in [0, 0.1) is 11.6 Å². The normalized spacial score (nSPS) is 21.3. The van der Waals surface area contributed by atoms with Crippen LogP contribution in [0.3, 0.4) is 0 Å². The average molecular weight is 322 g/mol. The molecule has 3 rings (SSSR count). The van der Waals surface area contributed by atoms with Crippen molar-refractivity contribution in [3.63, 3.8) is 0 Å². The Morgan fingerprint density at radius 2 is 2.05 bits per heavy atom. The number of halogens is 2. The molecule has 0 saturated carbocycles. The predicted molar refractivity (Wildman–Crippen MR) is 77.1 cm³/mol. The van der Waals surface area contributed by atoms with E-state index in [2.05, 4.69) is 5.32 Å². The van der Waals surface area contributed by atoms with E-state index in [0.29, 0.717) is 0 Å². The van der Waals surface area contributed by atoms with Crippen molar-refractivity contribution in [3.05, 3.63) is 57.8 Å². The lowest BCUT2D eigenvalue weighted by molar-refractivity contribution is -0.131. The van der Waals surface area contributed by atoms with Crippen LogP contribution in [-0.4, -0.2) is 16.8 Å². The Balaban J connectivity index is 1.97. The third-order valence-corrected chi connectivity index (χ3v) is 4.50. The number of carbonyl (C=O) groups is 2. The summed E-state index contributed by atoms with van der Waals surface area (Å²) in [7, 11) is 0. The molecule has 3 amide bonds. The van der Waals surface area contributed by atoms with E-state index in [1.54, 1.807) is 6.07 Å². The lowest BCUT2D eigenvalue weighted by atomic mass is 9.91. The Labute approximate surface area is 129 Å². The first kappa shape index (κ1) is 14.6.